The molecule has 0 aliphatic heterocycles. The lowest BCUT2D eigenvalue weighted by Gasteiger charge is -2.01. The molecule has 0 amide bonds. The highest BCUT2D eigenvalue weighted by Gasteiger charge is 2.07. The van der Waals surface area contributed by atoms with Crippen molar-refractivity contribution in [1.82, 2.24) is 40.0 Å². The maximum Gasteiger partial charge on any atom is 0.168 e. The molecule has 0 unspecified atom stereocenters. The number of rotatable bonds is 2. The van der Waals surface area contributed by atoms with E-state index in [0.29, 0.717) is 22.8 Å². The highest BCUT2D eigenvalue weighted by atomic mass is 15.5. The molecule has 28 heavy (non-hydrogen) atoms. The fraction of sp³-hybridized carbons (Fsp3) is 0.111. The molecule has 10 nitrogen and oxygen atoms in total. The molecule has 4 heterocycles. The average molecular weight is 370 g/mol. The zero-order valence-electron chi connectivity index (χ0n) is 15.1. The minimum Gasteiger partial charge on any atom is -0.243 e. The second kappa shape index (κ2) is 8.29. The van der Waals surface area contributed by atoms with Gasteiger partial charge in [0.25, 0.3) is 0 Å². The van der Waals surface area contributed by atoms with Crippen LogP contribution in [0.4, 0.5) is 0 Å². The van der Waals surface area contributed by atoms with E-state index in [4.69, 9.17) is 10.5 Å². The third-order valence-corrected chi connectivity index (χ3v) is 3.49. The third kappa shape index (κ3) is 4.03. The van der Waals surface area contributed by atoms with Gasteiger partial charge < -0.3 is 0 Å². The van der Waals surface area contributed by atoms with Crippen LogP contribution in [0.5, 0.6) is 0 Å². The minimum absolute atomic E-state index is 0.326. The van der Waals surface area contributed by atoms with Gasteiger partial charge in [0.2, 0.25) is 0 Å². The Hall–Kier alpha value is -4.44. The van der Waals surface area contributed by atoms with E-state index >= 15 is 0 Å². The molecule has 0 fully saturated rings. The molecule has 4 rings (SSSR count). The van der Waals surface area contributed by atoms with Crippen molar-refractivity contribution in [1.29, 1.82) is 10.5 Å². The van der Waals surface area contributed by atoms with Crippen molar-refractivity contribution in [3.63, 3.8) is 0 Å². The van der Waals surface area contributed by atoms with Gasteiger partial charge >= 0.3 is 0 Å². The molecule has 0 radical (unpaired) electrons. The number of aryl methyl sites for hydroxylation is 2. The summed E-state index contributed by atoms with van der Waals surface area (Å²) in [4.78, 5) is 10.8. The molecule has 0 aliphatic rings. The Labute approximate surface area is 160 Å². The van der Waals surface area contributed by atoms with Gasteiger partial charge in [-0.3, -0.25) is 0 Å². The lowest BCUT2D eigenvalue weighted by molar-refractivity contribution is 0.744. The zero-order chi connectivity index (χ0) is 19.9. The van der Waals surface area contributed by atoms with Gasteiger partial charge in [0.15, 0.2) is 11.4 Å². The second-order valence-corrected chi connectivity index (χ2v) is 5.62. The Balaban J connectivity index is 0.000000161. The normalized spacial score (nSPS) is 9.71. The van der Waals surface area contributed by atoms with Crippen LogP contribution in [0, 0.1) is 36.5 Å². The van der Waals surface area contributed by atoms with Crippen molar-refractivity contribution < 1.29 is 0 Å². The van der Waals surface area contributed by atoms with Gasteiger partial charge in [-0.05, 0) is 37.1 Å². The summed E-state index contributed by atoms with van der Waals surface area (Å²) in [7, 11) is 0. The fourth-order valence-electron chi connectivity index (χ4n) is 2.27. The summed E-state index contributed by atoms with van der Waals surface area (Å²) >= 11 is 0. The van der Waals surface area contributed by atoms with Crippen molar-refractivity contribution in [3.8, 4) is 23.5 Å². The molecule has 0 saturated carbocycles. The first-order valence-electron chi connectivity index (χ1n) is 8.09. The maximum absolute atomic E-state index is 8.83. The first kappa shape index (κ1) is 18.4. The summed E-state index contributed by atoms with van der Waals surface area (Å²) in [5.74, 6) is 0. The minimum atomic E-state index is 0.326. The van der Waals surface area contributed by atoms with E-state index in [0.717, 1.165) is 11.1 Å². The molecular weight excluding hydrogens is 356 g/mol. The lowest BCUT2D eigenvalue weighted by Crippen LogP contribution is -2.03. The standard InChI is InChI=1S/2C9H7N5/c2*1-7-4-9(8(5-10)11-6-7)14-12-2-3-13-14/h2*2-4,6H,1H3. The van der Waals surface area contributed by atoms with Crippen LogP contribution >= 0.6 is 0 Å². The van der Waals surface area contributed by atoms with E-state index in [1.54, 1.807) is 37.2 Å². The van der Waals surface area contributed by atoms with Gasteiger partial charge in [-0.25, -0.2) is 9.97 Å². The van der Waals surface area contributed by atoms with Gasteiger partial charge in [-0.1, -0.05) is 0 Å². The third-order valence-electron chi connectivity index (χ3n) is 3.49. The van der Waals surface area contributed by atoms with Crippen LogP contribution in [0.15, 0.2) is 49.3 Å². The highest BCUT2D eigenvalue weighted by molar-refractivity contribution is 5.44. The van der Waals surface area contributed by atoms with Gasteiger partial charge in [0.05, 0.1) is 24.8 Å². The molecule has 0 spiro atoms. The zero-order valence-corrected chi connectivity index (χ0v) is 15.1. The average Bonchev–Trinajstić information content (AvgIpc) is 3.42. The summed E-state index contributed by atoms with van der Waals surface area (Å²) in [5.41, 5.74) is 3.81. The predicted molar refractivity (Wildman–Crippen MR) is 97.2 cm³/mol. The molecule has 0 N–H and O–H groups in total. The van der Waals surface area contributed by atoms with Crippen molar-refractivity contribution in [2.45, 2.75) is 13.8 Å². The van der Waals surface area contributed by atoms with Crippen LogP contribution < -0.4 is 0 Å². The Morgan fingerprint density at radius 1 is 0.679 bits per heavy atom. The Morgan fingerprint density at radius 2 is 1.04 bits per heavy atom. The summed E-state index contributed by atoms with van der Waals surface area (Å²) in [6.45, 7) is 3.81. The monoisotopic (exact) mass is 370 g/mol. The van der Waals surface area contributed by atoms with E-state index in [9.17, 15) is 0 Å². The van der Waals surface area contributed by atoms with E-state index in [1.807, 2.05) is 38.1 Å². The number of pyridine rings is 2. The topological polar surface area (TPSA) is 135 Å². The first-order valence-corrected chi connectivity index (χ1v) is 8.09. The lowest BCUT2D eigenvalue weighted by atomic mass is 10.2. The van der Waals surface area contributed by atoms with Crippen molar-refractivity contribution in [2.75, 3.05) is 0 Å². The molecule has 10 heteroatoms. The Bertz CT molecular complexity index is 1050. The van der Waals surface area contributed by atoms with Crippen LogP contribution in [0.3, 0.4) is 0 Å². The Kier molecular flexibility index (Phi) is 5.44. The van der Waals surface area contributed by atoms with Crippen LogP contribution in [0.2, 0.25) is 0 Å². The molecule has 0 saturated heterocycles. The molecule has 0 aliphatic carbocycles. The fourth-order valence-corrected chi connectivity index (χ4v) is 2.27. The van der Waals surface area contributed by atoms with E-state index in [1.165, 1.54) is 9.59 Å². The summed E-state index contributed by atoms with van der Waals surface area (Å²) in [6.07, 6.45) is 9.52. The van der Waals surface area contributed by atoms with Crippen molar-refractivity contribution in [2.24, 2.45) is 0 Å². The van der Waals surface area contributed by atoms with Crippen LogP contribution in [0.1, 0.15) is 22.5 Å². The van der Waals surface area contributed by atoms with E-state index in [-0.39, 0.29) is 0 Å². The first-order chi connectivity index (χ1) is 13.6. The van der Waals surface area contributed by atoms with Gasteiger partial charge in [-0.2, -0.15) is 30.9 Å². The summed E-state index contributed by atoms with van der Waals surface area (Å²) in [5, 5.41) is 33.5. The number of nitriles is 2. The smallest absolute Gasteiger partial charge is 0.168 e. The maximum atomic E-state index is 8.83. The molecule has 0 aromatic carbocycles. The van der Waals surface area contributed by atoms with Crippen LogP contribution in [-0.4, -0.2) is 40.0 Å². The van der Waals surface area contributed by atoms with Crippen LogP contribution in [-0.2, 0) is 0 Å². The van der Waals surface area contributed by atoms with E-state index < -0.39 is 0 Å². The quantitative estimate of drug-likeness (QED) is 0.520. The number of aromatic nitrogens is 8. The SMILES string of the molecule is Cc1cnc(C#N)c(-n2nccn2)c1.Cc1cnc(C#N)c(-n2nccn2)c1. The van der Waals surface area contributed by atoms with Crippen molar-refractivity contribution >= 4 is 0 Å². The molecule has 4 aromatic heterocycles. The van der Waals surface area contributed by atoms with Gasteiger partial charge in [-0.15, -0.1) is 9.59 Å². The molecular formula is C18H14N10. The number of hydrogen-bond donors (Lipinski definition) is 0. The van der Waals surface area contributed by atoms with Crippen molar-refractivity contribution in [3.05, 3.63) is 71.8 Å². The molecule has 136 valence electrons. The highest BCUT2D eigenvalue weighted by Crippen LogP contribution is 2.11. The molecule has 0 atom stereocenters. The van der Waals surface area contributed by atoms with Crippen LogP contribution in [0.25, 0.3) is 11.4 Å². The number of hydrogen-bond acceptors (Lipinski definition) is 8. The largest absolute Gasteiger partial charge is 0.243 e. The summed E-state index contributed by atoms with van der Waals surface area (Å²) < 4.78 is 0. The molecule has 0 bridgehead atoms. The summed E-state index contributed by atoms with van der Waals surface area (Å²) in [6, 6.07) is 7.65. The van der Waals surface area contributed by atoms with E-state index in [2.05, 4.69) is 30.4 Å². The Morgan fingerprint density at radius 3 is 1.36 bits per heavy atom. The van der Waals surface area contributed by atoms with Gasteiger partial charge in [0.1, 0.15) is 23.5 Å². The molecule has 4 aromatic rings. The van der Waals surface area contributed by atoms with Gasteiger partial charge in [0, 0.05) is 12.4 Å². The second-order valence-electron chi connectivity index (χ2n) is 5.62. The predicted octanol–water partition coefficient (Wildman–Crippen LogP) is 1.68. The number of nitrogens with zero attached hydrogens (tertiary/aromatic N) is 10.